The lowest BCUT2D eigenvalue weighted by atomic mass is 9.91. The Morgan fingerprint density at radius 2 is 1.32 bits per heavy atom. The van der Waals surface area contributed by atoms with Gasteiger partial charge in [0.1, 0.15) is 0 Å². The number of hydrogen-bond acceptors (Lipinski definition) is 4. The number of hydrogen-bond donors (Lipinski definition) is 4. The normalized spacial score (nSPS) is 10.4. The van der Waals surface area contributed by atoms with E-state index in [1.165, 1.54) is 12.1 Å². The van der Waals surface area contributed by atoms with Gasteiger partial charge in [0.05, 0.1) is 11.1 Å². The van der Waals surface area contributed by atoms with Crippen molar-refractivity contribution in [3.05, 3.63) is 34.4 Å². The van der Waals surface area contributed by atoms with Gasteiger partial charge in [0.25, 0.3) is 0 Å². The number of carbonyl (C=O) groups is 2. The smallest absolute Gasteiger partial charge is 0.335 e. The molecule has 6 nitrogen and oxygen atoms in total. The summed E-state index contributed by atoms with van der Waals surface area (Å²) in [5.74, 6) is -2.31. The van der Waals surface area contributed by atoms with Gasteiger partial charge >= 0.3 is 11.9 Å². The molecular formula is C13H16O6. The molecule has 0 amide bonds. The quantitative estimate of drug-likeness (QED) is 0.574. The largest absolute Gasteiger partial charge is 0.478 e. The van der Waals surface area contributed by atoms with Gasteiger partial charge in [-0.25, -0.2) is 9.59 Å². The molecule has 0 radical (unpaired) electrons. The number of carboxylic acid groups (broad SMARTS) is 2. The third-order valence-corrected chi connectivity index (χ3v) is 2.84. The van der Waals surface area contributed by atoms with Crippen molar-refractivity contribution in [3.8, 4) is 0 Å². The number of aromatic carboxylic acids is 2. The molecule has 0 saturated heterocycles. The fraction of sp³-hybridized carbons (Fsp3) is 0.385. The zero-order valence-electron chi connectivity index (χ0n) is 10.3. The van der Waals surface area contributed by atoms with Gasteiger partial charge in [0, 0.05) is 13.2 Å². The molecule has 1 aromatic rings. The monoisotopic (exact) mass is 268 g/mol. The van der Waals surface area contributed by atoms with Crippen LogP contribution in [0.1, 0.15) is 38.3 Å². The SMILES string of the molecule is O=C(O)c1ccc(C(=O)O)c(CCCO)c1CCO. The summed E-state index contributed by atoms with van der Waals surface area (Å²) in [4.78, 5) is 22.3. The summed E-state index contributed by atoms with van der Waals surface area (Å²) in [6, 6.07) is 2.48. The van der Waals surface area contributed by atoms with Crippen LogP contribution >= 0.6 is 0 Å². The molecule has 0 fully saturated rings. The van der Waals surface area contributed by atoms with E-state index in [0.29, 0.717) is 17.5 Å². The van der Waals surface area contributed by atoms with E-state index < -0.39 is 11.9 Å². The molecule has 0 aliphatic carbocycles. The average molecular weight is 268 g/mol. The van der Waals surface area contributed by atoms with Gasteiger partial charge in [-0.3, -0.25) is 0 Å². The Morgan fingerprint density at radius 3 is 1.68 bits per heavy atom. The minimum Gasteiger partial charge on any atom is -0.478 e. The summed E-state index contributed by atoms with van der Waals surface area (Å²) >= 11 is 0. The molecule has 0 aliphatic rings. The fourth-order valence-corrected chi connectivity index (χ4v) is 2.03. The Bertz CT molecular complexity index is 480. The average Bonchev–Trinajstić information content (AvgIpc) is 2.36. The van der Waals surface area contributed by atoms with Gasteiger partial charge in [0.2, 0.25) is 0 Å². The van der Waals surface area contributed by atoms with E-state index in [1.54, 1.807) is 0 Å². The van der Waals surface area contributed by atoms with Crippen molar-refractivity contribution >= 4 is 11.9 Å². The molecule has 0 spiro atoms. The molecule has 6 heteroatoms. The summed E-state index contributed by atoms with van der Waals surface area (Å²) < 4.78 is 0. The fourth-order valence-electron chi connectivity index (χ4n) is 2.03. The lowest BCUT2D eigenvalue weighted by molar-refractivity contribution is 0.0678. The van der Waals surface area contributed by atoms with Crippen LogP contribution in [0.4, 0.5) is 0 Å². The first-order valence-electron chi connectivity index (χ1n) is 5.86. The van der Waals surface area contributed by atoms with Crippen LogP contribution in [-0.4, -0.2) is 45.6 Å². The molecule has 0 aliphatic heterocycles. The summed E-state index contributed by atoms with van der Waals surface area (Å²) in [5.41, 5.74) is 0.702. The molecule has 4 N–H and O–H groups in total. The topological polar surface area (TPSA) is 115 Å². The third kappa shape index (κ3) is 3.52. The van der Waals surface area contributed by atoms with Crippen molar-refractivity contribution in [1.82, 2.24) is 0 Å². The number of benzene rings is 1. The maximum Gasteiger partial charge on any atom is 0.335 e. The first-order chi connectivity index (χ1) is 9.02. The molecule has 0 aromatic heterocycles. The number of aliphatic hydroxyl groups is 2. The molecule has 1 aromatic carbocycles. The molecular weight excluding hydrogens is 252 g/mol. The molecule has 0 unspecified atom stereocenters. The Balaban J connectivity index is 3.41. The van der Waals surface area contributed by atoms with Crippen LogP contribution < -0.4 is 0 Å². The summed E-state index contributed by atoms with van der Waals surface area (Å²) in [5, 5.41) is 36.1. The number of carboxylic acids is 2. The van der Waals surface area contributed by atoms with E-state index >= 15 is 0 Å². The minimum absolute atomic E-state index is 0.00742. The first kappa shape index (κ1) is 15.1. The van der Waals surface area contributed by atoms with Crippen molar-refractivity contribution in [3.63, 3.8) is 0 Å². The molecule has 19 heavy (non-hydrogen) atoms. The van der Waals surface area contributed by atoms with Gasteiger partial charge in [0.15, 0.2) is 0 Å². The second-order valence-electron chi connectivity index (χ2n) is 4.03. The Labute approximate surface area is 109 Å². The second-order valence-corrected chi connectivity index (χ2v) is 4.03. The van der Waals surface area contributed by atoms with E-state index in [1.807, 2.05) is 0 Å². The van der Waals surface area contributed by atoms with Crippen LogP contribution in [0.15, 0.2) is 12.1 Å². The molecule has 1 rings (SSSR count). The van der Waals surface area contributed by atoms with E-state index in [4.69, 9.17) is 20.4 Å². The molecule has 0 bridgehead atoms. The van der Waals surface area contributed by atoms with Gasteiger partial charge in [-0.05, 0) is 42.5 Å². The standard InChI is InChI=1S/C13H16O6/c14-6-1-2-8-9(5-7-15)11(13(18)19)4-3-10(8)12(16)17/h3-4,14-15H,1-2,5-7H2,(H,16,17)(H,18,19). The minimum atomic E-state index is -1.16. The summed E-state index contributed by atoms with van der Waals surface area (Å²) in [7, 11) is 0. The lowest BCUT2D eigenvalue weighted by Crippen LogP contribution is -2.13. The van der Waals surface area contributed by atoms with Gasteiger partial charge in [-0.15, -0.1) is 0 Å². The van der Waals surface area contributed by atoms with Crippen LogP contribution in [0.3, 0.4) is 0 Å². The summed E-state index contributed by atoms with van der Waals surface area (Å²) in [6.07, 6.45) is 0.667. The zero-order chi connectivity index (χ0) is 14.4. The van der Waals surface area contributed by atoms with E-state index in [2.05, 4.69) is 0 Å². The maximum absolute atomic E-state index is 11.2. The van der Waals surface area contributed by atoms with Crippen LogP contribution in [0.2, 0.25) is 0 Å². The highest BCUT2D eigenvalue weighted by atomic mass is 16.4. The molecule has 0 saturated carbocycles. The Morgan fingerprint density at radius 1 is 0.842 bits per heavy atom. The highest BCUT2D eigenvalue weighted by Gasteiger charge is 2.20. The predicted molar refractivity (Wildman–Crippen MR) is 66.6 cm³/mol. The van der Waals surface area contributed by atoms with Crippen molar-refractivity contribution in [1.29, 1.82) is 0 Å². The van der Waals surface area contributed by atoms with Gasteiger partial charge in [-0.2, -0.15) is 0 Å². The zero-order valence-corrected chi connectivity index (χ0v) is 10.3. The van der Waals surface area contributed by atoms with Crippen molar-refractivity contribution in [2.75, 3.05) is 13.2 Å². The highest BCUT2D eigenvalue weighted by Crippen LogP contribution is 2.22. The van der Waals surface area contributed by atoms with E-state index in [-0.39, 0.29) is 37.2 Å². The Kier molecular flexibility index (Phi) is 5.47. The van der Waals surface area contributed by atoms with Crippen LogP contribution in [-0.2, 0) is 12.8 Å². The molecule has 104 valence electrons. The number of rotatable bonds is 7. The molecule has 0 atom stereocenters. The van der Waals surface area contributed by atoms with Crippen LogP contribution in [0.25, 0.3) is 0 Å². The van der Waals surface area contributed by atoms with Crippen molar-refractivity contribution < 1.29 is 30.0 Å². The second kappa shape index (κ2) is 6.86. The highest BCUT2D eigenvalue weighted by molar-refractivity contribution is 5.95. The maximum atomic E-state index is 11.2. The number of aliphatic hydroxyl groups excluding tert-OH is 2. The predicted octanol–water partition coefficient (Wildman–Crippen LogP) is 0.543. The summed E-state index contributed by atoms with van der Waals surface area (Å²) in [6.45, 7) is -0.385. The van der Waals surface area contributed by atoms with E-state index in [9.17, 15) is 9.59 Å². The van der Waals surface area contributed by atoms with Gasteiger partial charge in [-0.1, -0.05) is 0 Å². The Hall–Kier alpha value is -1.92. The van der Waals surface area contributed by atoms with Crippen molar-refractivity contribution in [2.45, 2.75) is 19.3 Å². The van der Waals surface area contributed by atoms with Crippen molar-refractivity contribution in [2.24, 2.45) is 0 Å². The first-order valence-corrected chi connectivity index (χ1v) is 5.86. The molecule has 0 heterocycles. The third-order valence-electron chi connectivity index (χ3n) is 2.84. The van der Waals surface area contributed by atoms with Crippen LogP contribution in [0, 0.1) is 0 Å². The van der Waals surface area contributed by atoms with E-state index in [0.717, 1.165) is 0 Å². The van der Waals surface area contributed by atoms with Crippen LogP contribution in [0.5, 0.6) is 0 Å². The lowest BCUT2D eigenvalue weighted by Gasteiger charge is -2.14. The van der Waals surface area contributed by atoms with Gasteiger partial charge < -0.3 is 20.4 Å².